The summed E-state index contributed by atoms with van der Waals surface area (Å²) in [6.07, 6.45) is 4.85. The van der Waals surface area contributed by atoms with Gasteiger partial charge in [0.1, 0.15) is 0 Å². The van der Waals surface area contributed by atoms with Gasteiger partial charge in [-0.1, -0.05) is 80.4 Å². The summed E-state index contributed by atoms with van der Waals surface area (Å²) in [6.45, 7) is 7.25. The van der Waals surface area contributed by atoms with Gasteiger partial charge in [0, 0.05) is 37.9 Å². The molecule has 2 aromatic rings. The number of carbonyl (C=O) groups is 2. The summed E-state index contributed by atoms with van der Waals surface area (Å²) in [6, 6.07) is 21.0. The minimum atomic E-state index is 0.00637. The van der Waals surface area contributed by atoms with Gasteiger partial charge in [0.05, 0.1) is 0 Å². The zero-order chi connectivity index (χ0) is 22.5. The van der Waals surface area contributed by atoms with Gasteiger partial charge in [0.2, 0.25) is 11.8 Å². The Morgan fingerprint density at radius 3 is 1.97 bits per heavy atom. The second-order valence-corrected chi connectivity index (χ2v) is 8.40. The lowest BCUT2D eigenvalue weighted by Crippen LogP contribution is -2.39. The number of rotatable bonds is 13. The quantitative estimate of drug-likeness (QED) is 0.431. The number of amides is 2. The Hall–Kier alpha value is -2.62. The Kier molecular flexibility index (Phi) is 10.8. The van der Waals surface area contributed by atoms with E-state index in [2.05, 4.69) is 60.8 Å². The van der Waals surface area contributed by atoms with Gasteiger partial charge in [-0.15, -0.1) is 0 Å². The maximum absolute atomic E-state index is 12.5. The maximum Gasteiger partial charge on any atom is 0.222 e. The van der Waals surface area contributed by atoms with Crippen LogP contribution in [0.25, 0.3) is 0 Å². The number of benzene rings is 2. The molecule has 0 saturated heterocycles. The lowest BCUT2D eigenvalue weighted by Gasteiger charge is -2.27. The first-order chi connectivity index (χ1) is 15.0. The van der Waals surface area contributed by atoms with E-state index in [1.807, 2.05) is 30.9 Å². The van der Waals surface area contributed by atoms with Crippen molar-refractivity contribution in [3.8, 4) is 0 Å². The fourth-order valence-corrected chi connectivity index (χ4v) is 3.90. The minimum Gasteiger partial charge on any atom is -0.356 e. The molecule has 0 aliphatic carbocycles. The summed E-state index contributed by atoms with van der Waals surface area (Å²) in [5, 5.41) is 3.06. The van der Waals surface area contributed by atoms with Crippen LogP contribution in [-0.4, -0.2) is 35.8 Å². The third kappa shape index (κ3) is 8.56. The zero-order valence-corrected chi connectivity index (χ0v) is 19.3. The topological polar surface area (TPSA) is 49.4 Å². The molecule has 0 unspecified atom stereocenters. The van der Waals surface area contributed by atoms with Crippen molar-refractivity contribution in [2.45, 2.75) is 71.3 Å². The second kappa shape index (κ2) is 13.6. The standard InChI is InChI=1S/C27H38N2O2/c1-4-5-8-17-27(31)29(22(2)3)21-19-26(30)28-20-18-25(23-13-9-6-10-14-23)24-15-11-7-12-16-24/h6-7,9-16,22,25H,4-5,8,17-21H2,1-3H3,(H,28,30). The van der Waals surface area contributed by atoms with Crippen LogP contribution < -0.4 is 5.32 Å². The molecular weight excluding hydrogens is 384 g/mol. The van der Waals surface area contributed by atoms with Crippen LogP contribution in [0.15, 0.2) is 60.7 Å². The van der Waals surface area contributed by atoms with Gasteiger partial charge in [0.15, 0.2) is 0 Å². The van der Waals surface area contributed by atoms with Crippen LogP contribution in [0.5, 0.6) is 0 Å². The van der Waals surface area contributed by atoms with E-state index in [9.17, 15) is 9.59 Å². The summed E-state index contributed by atoms with van der Waals surface area (Å²) >= 11 is 0. The third-order valence-corrected chi connectivity index (χ3v) is 5.68. The van der Waals surface area contributed by atoms with Crippen LogP contribution in [0.1, 0.15) is 76.3 Å². The molecular formula is C27H38N2O2. The highest BCUT2D eigenvalue weighted by molar-refractivity contribution is 5.79. The molecule has 0 aromatic heterocycles. The molecule has 0 radical (unpaired) electrons. The molecule has 0 spiro atoms. The van der Waals surface area contributed by atoms with Gasteiger partial charge < -0.3 is 10.2 Å². The van der Waals surface area contributed by atoms with Crippen LogP contribution in [0.3, 0.4) is 0 Å². The van der Waals surface area contributed by atoms with Crippen molar-refractivity contribution in [1.29, 1.82) is 0 Å². The number of hydrogen-bond acceptors (Lipinski definition) is 2. The molecule has 0 heterocycles. The molecule has 4 heteroatoms. The summed E-state index contributed by atoms with van der Waals surface area (Å²) in [5.74, 6) is 0.409. The molecule has 168 valence electrons. The average molecular weight is 423 g/mol. The van der Waals surface area contributed by atoms with Gasteiger partial charge in [-0.2, -0.15) is 0 Å². The Morgan fingerprint density at radius 1 is 0.871 bits per heavy atom. The van der Waals surface area contributed by atoms with Crippen LogP contribution in [-0.2, 0) is 9.59 Å². The molecule has 0 aliphatic heterocycles. The summed E-state index contributed by atoms with van der Waals surface area (Å²) in [4.78, 5) is 26.8. The van der Waals surface area contributed by atoms with E-state index in [-0.39, 0.29) is 23.8 Å². The van der Waals surface area contributed by atoms with Gasteiger partial charge >= 0.3 is 0 Å². The summed E-state index contributed by atoms with van der Waals surface area (Å²) in [5.41, 5.74) is 2.51. The number of unbranched alkanes of at least 4 members (excludes halogenated alkanes) is 2. The van der Waals surface area contributed by atoms with Crippen molar-refractivity contribution in [1.82, 2.24) is 10.2 Å². The normalized spacial score (nSPS) is 11.0. The SMILES string of the molecule is CCCCCC(=O)N(CCC(=O)NCCC(c1ccccc1)c1ccccc1)C(C)C. The highest BCUT2D eigenvalue weighted by Crippen LogP contribution is 2.27. The number of nitrogens with one attached hydrogen (secondary N) is 1. The molecule has 0 atom stereocenters. The first-order valence-corrected chi connectivity index (χ1v) is 11.7. The monoisotopic (exact) mass is 422 g/mol. The second-order valence-electron chi connectivity index (χ2n) is 8.40. The molecule has 0 aliphatic rings. The lowest BCUT2D eigenvalue weighted by atomic mass is 9.88. The van der Waals surface area contributed by atoms with Gasteiger partial charge in [-0.05, 0) is 37.8 Å². The van der Waals surface area contributed by atoms with E-state index in [1.165, 1.54) is 11.1 Å². The molecule has 0 bridgehead atoms. The number of carbonyl (C=O) groups excluding carboxylic acids is 2. The molecule has 2 amide bonds. The minimum absolute atomic E-state index is 0.00637. The molecule has 2 rings (SSSR count). The van der Waals surface area contributed by atoms with Gasteiger partial charge in [0.25, 0.3) is 0 Å². The largest absolute Gasteiger partial charge is 0.356 e. The van der Waals surface area contributed by atoms with E-state index in [4.69, 9.17) is 0 Å². The molecule has 0 saturated carbocycles. The first kappa shape index (κ1) is 24.6. The summed E-state index contributed by atoms with van der Waals surface area (Å²) in [7, 11) is 0. The highest BCUT2D eigenvalue weighted by atomic mass is 16.2. The van der Waals surface area contributed by atoms with E-state index in [1.54, 1.807) is 0 Å². The van der Waals surface area contributed by atoms with Crippen molar-refractivity contribution in [3.05, 3.63) is 71.8 Å². The first-order valence-electron chi connectivity index (χ1n) is 11.7. The van der Waals surface area contributed by atoms with E-state index < -0.39 is 0 Å². The average Bonchev–Trinajstić information content (AvgIpc) is 2.78. The smallest absolute Gasteiger partial charge is 0.222 e. The van der Waals surface area contributed by atoms with Crippen LogP contribution in [0.4, 0.5) is 0 Å². The lowest BCUT2D eigenvalue weighted by molar-refractivity contribution is -0.133. The Labute approximate surface area is 188 Å². The van der Waals surface area contributed by atoms with Crippen molar-refractivity contribution in [3.63, 3.8) is 0 Å². The van der Waals surface area contributed by atoms with Crippen molar-refractivity contribution in [2.24, 2.45) is 0 Å². The van der Waals surface area contributed by atoms with Crippen molar-refractivity contribution < 1.29 is 9.59 Å². The zero-order valence-electron chi connectivity index (χ0n) is 19.3. The van der Waals surface area contributed by atoms with Crippen molar-refractivity contribution in [2.75, 3.05) is 13.1 Å². The van der Waals surface area contributed by atoms with Crippen molar-refractivity contribution >= 4 is 11.8 Å². The van der Waals surface area contributed by atoms with E-state index in [0.29, 0.717) is 25.9 Å². The number of hydrogen-bond donors (Lipinski definition) is 1. The number of nitrogens with zero attached hydrogens (tertiary/aromatic N) is 1. The fourth-order valence-electron chi connectivity index (χ4n) is 3.90. The van der Waals surface area contributed by atoms with Crippen LogP contribution in [0.2, 0.25) is 0 Å². The predicted molar refractivity (Wildman–Crippen MR) is 128 cm³/mol. The molecule has 1 N–H and O–H groups in total. The Balaban J connectivity index is 1.85. The van der Waals surface area contributed by atoms with Crippen LogP contribution >= 0.6 is 0 Å². The molecule has 0 fully saturated rings. The van der Waals surface area contributed by atoms with Crippen LogP contribution in [0, 0.1) is 0 Å². The third-order valence-electron chi connectivity index (χ3n) is 5.68. The highest BCUT2D eigenvalue weighted by Gasteiger charge is 2.18. The molecule has 2 aromatic carbocycles. The van der Waals surface area contributed by atoms with Gasteiger partial charge in [-0.3, -0.25) is 9.59 Å². The Morgan fingerprint density at radius 2 is 1.45 bits per heavy atom. The van der Waals surface area contributed by atoms with Gasteiger partial charge in [-0.25, -0.2) is 0 Å². The maximum atomic E-state index is 12.5. The summed E-state index contributed by atoms with van der Waals surface area (Å²) < 4.78 is 0. The molecule has 31 heavy (non-hydrogen) atoms. The van der Waals surface area contributed by atoms with E-state index in [0.717, 1.165) is 25.7 Å². The molecule has 4 nitrogen and oxygen atoms in total. The van der Waals surface area contributed by atoms with E-state index >= 15 is 0 Å². The Bertz CT molecular complexity index is 735. The predicted octanol–water partition coefficient (Wildman–Crippen LogP) is 5.53. The fraction of sp³-hybridized carbons (Fsp3) is 0.481.